The van der Waals surface area contributed by atoms with Gasteiger partial charge in [0.2, 0.25) is 0 Å². The third-order valence-electron chi connectivity index (χ3n) is 3.68. The van der Waals surface area contributed by atoms with Crippen LogP contribution in [0.4, 0.5) is 0 Å². The number of nitrogens with one attached hydrogen (secondary N) is 1. The molecule has 0 radical (unpaired) electrons. The molecule has 3 nitrogen and oxygen atoms in total. The molecule has 1 fully saturated rings. The smallest absolute Gasteiger partial charge is 0.0509 e. The molecular formula is C14H22N2O. The van der Waals surface area contributed by atoms with Crippen LogP contribution in [0.25, 0.3) is 0 Å². The molecule has 0 bridgehead atoms. The first kappa shape index (κ1) is 12.6. The van der Waals surface area contributed by atoms with Gasteiger partial charge in [0.15, 0.2) is 0 Å². The van der Waals surface area contributed by atoms with Gasteiger partial charge in [-0.15, -0.1) is 0 Å². The van der Waals surface area contributed by atoms with E-state index < -0.39 is 0 Å². The average molecular weight is 234 g/mol. The highest BCUT2D eigenvalue weighted by Gasteiger charge is 2.23. The van der Waals surface area contributed by atoms with Gasteiger partial charge in [0.05, 0.1) is 6.61 Å². The van der Waals surface area contributed by atoms with Crippen LogP contribution in [0.2, 0.25) is 0 Å². The second-order valence-electron chi connectivity index (χ2n) is 4.88. The molecule has 0 aromatic heterocycles. The lowest BCUT2D eigenvalue weighted by Gasteiger charge is -2.30. The van der Waals surface area contributed by atoms with E-state index in [0.29, 0.717) is 12.0 Å². The monoisotopic (exact) mass is 234 g/mol. The molecule has 17 heavy (non-hydrogen) atoms. The molecule has 2 atom stereocenters. The molecule has 1 heterocycles. The summed E-state index contributed by atoms with van der Waals surface area (Å²) in [6.45, 7) is 3.89. The zero-order valence-electron chi connectivity index (χ0n) is 10.5. The minimum Gasteiger partial charge on any atom is -0.381 e. The number of ether oxygens (including phenoxy) is 1. The van der Waals surface area contributed by atoms with Crippen LogP contribution in [0.5, 0.6) is 0 Å². The molecule has 1 aromatic carbocycles. The number of hydrogen-bond donors (Lipinski definition) is 2. The van der Waals surface area contributed by atoms with Crippen molar-refractivity contribution in [1.82, 2.24) is 5.43 Å². The molecule has 94 valence electrons. The maximum atomic E-state index is 5.70. The Morgan fingerprint density at radius 1 is 1.47 bits per heavy atom. The Morgan fingerprint density at radius 3 is 2.94 bits per heavy atom. The summed E-state index contributed by atoms with van der Waals surface area (Å²) in [7, 11) is 0. The first-order chi connectivity index (χ1) is 8.31. The minimum absolute atomic E-state index is 0.316. The Kier molecular flexibility index (Phi) is 4.54. The summed E-state index contributed by atoms with van der Waals surface area (Å²) in [5.41, 5.74) is 5.68. The zero-order valence-corrected chi connectivity index (χ0v) is 10.5. The summed E-state index contributed by atoms with van der Waals surface area (Å²) in [6.07, 6.45) is 3.34. The van der Waals surface area contributed by atoms with E-state index in [1.807, 2.05) is 0 Å². The number of hydrazine groups is 1. The van der Waals surface area contributed by atoms with Crippen molar-refractivity contribution in [2.45, 2.75) is 32.2 Å². The maximum Gasteiger partial charge on any atom is 0.0509 e. The molecule has 3 heteroatoms. The molecule has 0 amide bonds. The van der Waals surface area contributed by atoms with Crippen molar-refractivity contribution in [2.24, 2.45) is 11.8 Å². The summed E-state index contributed by atoms with van der Waals surface area (Å²) in [5, 5.41) is 0. The first-order valence-electron chi connectivity index (χ1n) is 6.39. The number of nitrogens with two attached hydrogens (primary N) is 1. The van der Waals surface area contributed by atoms with Gasteiger partial charge in [-0.25, -0.2) is 0 Å². The Hall–Kier alpha value is -0.900. The third kappa shape index (κ3) is 3.28. The topological polar surface area (TPSA) is 47.3 Å². The van der Waals surface area contributed by atoms with E-state index in [-0.39, 0.29) is 0 Å². The van der Waals surface area contributed by atoms with E-state index >= 15 is 0 Å². The van der Waals surface area contributed by atoms with Crippen LogP contribution in [0.1, 0.15) is 24.0 Å². The van der Waals surface area contributed by atoms with Gasteiger partial charge in [-0.2, -0.15) is 0 Å². The Balaban J connectivity index is 2.01. The van der Waals surface area contributed by atoms with Gasteiger partial charge in [-0.1, -0.05) is 24.3 Å². The van der Waals surface area contributed by atoms with Gasteiger partial charge < -0.3 is 4.74 Å². The second kappa shape index (κ2) is 6.15. The highest BCUT2D eigenvalue weighted by Crippen LogP contribution is 2.21. The molecule has 1 aliphatic heterocycles. The van der Waals surface area contributed by atoms with Crippen LogP contribution in [0, 0.1) is 12.8 Å². The summed E-state index contributed by atoms with van der Waals surface area (Å²) in [6, 6.07) is 8.82. The van der Waals surface area contributed by atoms with Crippen molar-refractivity contribution in [3.63, 3.8) is 0 Å². The van der Waals surface area contributed by atoms with E-state index in [4.69, 9.17) is 10.6 Å². The quantitative estimate of drug-likeness (QED) is 0.617. The first-order valence-corrected chi connectivity index (χ1v) is 6.39. The summed E-state index contributed by atoms with van der Waals surface area (Å²) >= 11 is 0. The number of aryl methyl sites for hydroxylation is 1. The van der Waals surface area contributed by atoms with E-state index in [0.717, 1.165) is 26.1 Å². The van der Waals surface area contributed by atoms with E-state index in [9.17, 15) is 0 Å². The summed E-state index contributed by atoms with van der Waals surface area (Å²) in [4.78, 5) is 0. The summed E-state index contributed by atoms with van der Waals surface area (Å²) < 4.78 is 5.54. The minimum atomic E-state index is 0.316. The van der Waals surface area contributed by atoms with E-state index in [2.05, 4.69) is 36.6 Å². The van der Waals surface area contributed by atoms with Gasteiger partial charge in [-0.3, -0.25) is 11.3 Å². The molecule has 0 spiro atoms. The van der Waals surface area contributed by atoms with Crippen molar-refractivity contribution in [3.8, 4) is 0 Å². The SMILES string of the molecule is Cc1ccccc1CC(NN)C1CCCOC1. The van der Waals surface area contributed by atoms with Crippen molar-refractivity contribution in [3.05, 3.63) is 35.4 Å². The highest BCUT2D eigenvalue weighted by atomic mass is 16.5. The largest absolute Gasteiger partial charge is 0.381 e. The van der Waals surface area contributed by atoms with Crippen molar-refractivity contribution < 1.29 is 4.74 Å². The maximum absolute atomic E-state index is 5.70. The number of benzene rings is 1. The molecule has 1 aromatic rings. The Bertz CT molecular complexity index is 348. The predicted octanol–water partition coefficient (Wildman–Crippen LogP) is 1.80. The number of hydrogen-bond acceptors (Lipinski definition) is 3. The fraction of sp³-hybridized carbons (Fsp3) is 0.571. The van der Waals surface area contributed by atoms with Gasteiger partial charge in [0, 0.05) is 12.6 Å². The van der Waals surface area contributed by atoms with Crippen molar-refractivity contribution >= 4 is 0 Å². The fourth-order valence-corrected chi connectivity index (χ4v) is 2.52. The second-order valence-corrected chi connectivity index (χ2v) is 4.88. The van der Waals surface area contributed by atoms with Gasteiger partial charge in [0.25, 0.3) is 0 Å². The van der Waals surface area contributed by atoms with Crippen molar-refractivity contribution in [2.75, 3.05) is 13.2 Å². The molecule has 1 aliphatic rings. The normalized spacial score (nSPS) is 22.4. The lowest BCUT2D eigenvalue weighted by molar-refractivity contribution is 0.0393. The molecule has 0 saturated carbocycles. The summed E-state index contributed by atoms with van der Waals surface area (Å²) in [5.74, 6) is 6.23. The van der Waals surface area contributed by atoms with Crippen LogP contribution in [-0.4, -0.2) is 19.3 Å². The third-order valence-corrected chi connectivity index (χ3v) is 3.68. The number of rotatable bonds is 4. The van der Waals surface area contributed by atoms with E-state index in [1.165, 1.54) is 17.5 Å². The fourth-order valence-electron chi connectivity index (χ4n) is 2.52. The van der Waals surface area contributed by atoms with Crippen LogP contribution < -0.4 is 11.3 Å². The molecule has 0 aliphatic carbocycles. The van der Waals surface area contributed by atoms with Crippen LogP contribution in [0.15, 0.2) is 24.3 Å². The van der Waals surface area contributed by atoms with Gasteiger partial charge in [0.1, 0.15) is 0 Å². The molecule has 2 unspecified atom stereocenters. The van der Waals surface area contributed by atoms with Gasteiger partial charge >= 0.3 is 0 Å². The van der Waals surface area contributed by atoms with Crippen molar-refractivity contribution in [1.29, 1.82) is 0 Å². The average Bonchev–Trinajstić information content (AvgIpc) is 2.39. The zero-order chi connectivity index (χ0) is 12.1. The lowest BCUT2D eigenvalue weighted by atomic mass is 9.88. The van der Waals surface area contributed by atoms with Crippen LogP contribution in [0.3, 0.4) is 0 Å². The Labute approximate surface area is 103 Å². The molecule has 3 N–H and O–H groups in total. The standard InChI is InChI=1S/C14H22N2O/c1-11-5-2-3-6-12(11)9-14(16-15)13-7-4-8-17-10-13/h2-3,5-6,13-14,16H,4,7-10,15H2,1H3. The highest BCUT2D eigenvalue weighted by molar-refractivity contribution is 5.26. The predicted molar refractivity (Wildman–Crippen MR) is 69.5 cm³/mol. The molecular weight excluding hydrogens is 212 g/mol. The lowest BCUT2D eigenvalue weighted by Crippen LogP contribution is -2.45. The van der Waals surface area contributed by atoms with Gasteiger partial charge in [-0.05, 0) is 43.2 Å². The molecule has 1 saturated heterocycles. The van der Waals surface area contributed by atoms with Crippen LogP contribution >= 0.6 is 0 Å². The van der Waals surface area contributed by atoms with E-state index in [1.54, 1.807) is 0 Å². The van der Waals surface area contributed by atoms with Crippen LogP contribution in [-0.2, 0) is 11.2 Å². The Morgan fingerprint density at radius 2 is 2.29 bits per heavy atom. The molecule has 2 rings (SSSR count).